The molecule has 0 aromatic heterocycles. The molecule has 1 atom stereocenters. The Balaban J connectivity index is 1.85. The molecule has 1 amide bonds. The Morgan fingerprint density at radius 2 is 2.11 bits per heavy atom. The third kappa shape index (κ3) is 3.00. The smallest absolute Gasteiger partial charge is 0.410 e. The lowest BCUT2D eigenvalue weighted by Crippen LogP contribution is -2.45. The maximum atomic E-state index is 11.6. The molecule has 1 aliphatic heterocycles. The summed E-state index contributed by atoms with van der Waals surface area (Å²) in [5.74, 6) is -1.08. The van der Waals surface area contributed by atoms with E-state index in [0.717, 1.165) is 12.0 Å². The number of nitrogens with zero attached hydrogens (tertiary/aromatic N) is 1. The lowest BCUT2D eigenvalue weighted by Gasteiger charge is -2.29. The first-order valence-electron chi connectivity index (χ1n) is 5.89. The van der Waals surface area contributed by atoms with E-state index in [2.05, 4.69) is 0 Å². The van der Waals surface area contributed by atoms with E-state index in [4.69, 9.17) is 9.84 Å². The Hall–Kier alpha value is -2.04. The van der Waals surface area contributed by atoms with E-state index in [1.807, 2.05) is 30.3 Å². The quantitative estimate of drug-likeness (QED) is 0.878. The van der Waals surface area contributed by atoms with Gasteiger partial charge < -0.3 is 14.7 Å². The minimum Gasteiger partial charge on any atom is -0.479 e. The van der Waals surface area contributed by atoms with Gasteiger partial charge in [0.2, 0.25) is 6.10 Å². The number of rotatable bonds is 4. The molecule has 1 fully saturated rings. The Labute approximate surface area is 105 Å². The molecule has 5 heteroatoms. The van der Waals surface area contributed by atoms with Gasteiger partial charge in [-0.1, -0.05) is 30.3 Å². The number of ether oxygens (including phenoxy) is 1. The zero-order chi connectivity index (χ0) is 13.0. The van der Waals surface area contributed by atoms with Gasteiger partial charge in [0.1, 0.15) is 0 Å². The highest BCUT2D eigenvalue weighted by Gasteiger charge is 2.31. The zero-order valence-corrected chi connectivity index (χ0v) is 9.91. The molecule has 1 N–H and O–H groups in total. The van der Waals surface area contributed by atoms with Crippen LogP contribution in [0.2, 0.25) is 0 Å². The third-order valence-corrected chi connectivity index (χ3v) is 2.95. The number of cyclic esters (lactones) is 1. The summed E-state index contributed by atoms with van der Waals surface area (Å²) in [7, 11) is 0. The first kappa shape index (κ1) is 12.4. The van der Waals surface area contributed by atoms with Crippen molar-refractivity contribution in [2.75, 3.05) is 13.1 Å². The van der Waals surface area contributed by atoms with E-state index in [-0.39, 0.29) is 0 Å². The molecule has 1 aliphatic rings. The fourth-order valence-corrected chi connectivity index (χ4v) is 1.91. The Kier molecular flexibility index (Phi) is 3.82. The van der Waals surface area contributed by atoms with Crippen LogP contribution in [0.1, 0.15) is 12.0 Å². The summed E-state index contributed by atoms with van der Waals surface area (Å²) in [4.78, 5) is 23.8. The van der Waals surface area contributed by atoms with Gasteiger partial charge in [-0.2, -0.15) is 0 Å². The van der Waals surface area contributed by atoms with E-state index >= 15 is 0 Å². The van der Waals surface area contributed by atoms with E-state index in [1.165, 1.54) is 0 Å². The second-order valence-electron chi connectivity index (χ2n) is 4.22. The minimum absolute atomic E-state index is 0.343. The molecule has 1 aromatic carbocycles. The number of benzene rings is 1. The van der Waals surface area contributed by atoms with Crippen molar-refractivity contribution in [2.45, 2.75) is 18.9 Å². The second kappa shape index (κ2) is 5.53. The maximum absolute atomic E-state index is 11.6. The van der Waals surface area contributed by atoms with Crippen molar-refractivity contribution < 1.29 is 19.4 Å². The first-order chi connectivity index (χ1) is 8.66. The molecule has 1 unspecified atom stereocenters. The van der Waals surface area contributed by atoms with Gasteiger partial charge in [-0.05, 0) is 12.0 Å². The van der Waals surface area contributed by atoms with Gasteiger partial charge in [-0.25, -0.2) is 9.59 Å². The lowest BCUT2D eigenvalue weighted by molar-refractivity contribution is -0.149. The van der Waals surface area contributed by atoms with Crippen molar-refractivity contribution in [3.8, 4) is 0 Å². The normalized spacial score (nSPS) is 19.4. The van der Waals surface area contributed by atoms with Crippen LogP contribution in [0.5, 0.6) is 0 Å². The zero-order valence-electron chi connectivity index (χ0n) is 9.91. The van der Waals surface area contributed by atoms with Crippen LogP contribution in [-0.4, -0.2) is 41.3 Å². The number of carboxylic acids is 1. The average Bonchev–Trinajstić information content (AvgIpc) is 2.38. The van der Waals surface area contributed by atoms with Gasteiger partial charge in [0.15, 0.2) is 0 Å². The average molecular weight is 249 g/mol. The molecule has 1 saturated heterocycles. The fourth-order valence-electron chi connectivity index (χ4n) is 1.91. The molecule has 0 aliphatic carbocycles. The molecule has 1 aromatic rings. The van der Waals surface area contributed by atoms with Gasteiger partial charge in [-0.15, -0.1) is 0 Å². The molecule has 0 saturated carbocycles. The van der Waals surface area contributed by atoms with Gasteiger partial charge in [0.25, 0.3) is 0 Å². The molecule has 5 nitrogen and oxygen atoms in total. The molecule has 96 valence electrons. The van der Waals surface area contributed by atoms with Crippen LogP contribution in [0.4, 0.5) is 4.79 Å². The van der Waals surface area contributed by atoms with Crippen LogP contribution in [-0.2, 0) is 16.0 Å². The summed E-state index contributed by atoms with van der Waals surface area (Å²) < 4.78 is 4.84. The summed E-state index contributed by atoms with van der Waals surface area (Å²) >= 11 is 0. The number of hydrogen-bond acceptors (Lipinski definition) is 3. The number of hydrogen-bond donors (Lipinski definition) is 1. The van der Waals surface area contributed by atoms with E-state index in [0.29, 0.717) is 19.5 Å². The molecule has 0 spiro atoms. The van der Waals surface area contributed by atoms with Crippen molar-refractivity contribution in [2.24, 2.45) is 0 Å². The van der Waals surface area contributed by atoms with Crippen molar-refractivity contribution in [3.63, 3.8) is 0 Å². The monoisotopic (exact) mass is 249 g/mol. The van der Waals surface area contributed by atoms with Crippen LogP contribution in [0, 0.1) is 0 Å². The van der Waals surface area contributed by atoms with E-state index in [1.54, 1.807) is 4.90 Å². The van der Waals surface area contributed by atoms with Crippen LogP contribution in [0.25, 0.3) is 0 Å². The van der Waals surface area contributed by atoms with Crippen molar-refractivity contribution in [3.05, 3.63) is 35.9 Å². The lowest BCUT2D eigenvalue weighted by atomic mass is 10.1. The van der Waals surface area contributed by atoms with E-state index in [9.17, 15) is 9.59 Å². The number of aliphatic carboxylic acids is 1. The van der Waals surface area contributed by atoms with Crippen LogP contribution < -0.4 is 0 Å². The summed E-state index contributed by atoms with van der Waals surface area (Å²) in [6, 6.07) is 9.83. The van der Waals surface area contributed by atoms with Crippen molar-refractivity contribution in [1.29, 1.82) is 0 Å². The Morgan fingerprint density at radius 3 is 2.72 bits per heavy atom. The summed E-state index contributed by atoms with van der Waals surface area (Å²) in [6.07, 6.45) is -0.446. The fraction of sp³-hybridized carbons (Fsp3) is 0.385. The van der Waals surface area contributed by atoms with Crippen LogP contribution in [0.15, 0.2) is 30.3 Å². The summed E-state index contributed by atoms with van der Waals surface area (Å²) in [6.45, 7) is 0.984. The second-order valence-corrected chi connectivity index (χ2v) is 4.22. The highest BCUT2D eigenvalue weighted by Crippen LogP contribution is 2.13. The topological polar surface area (TPSA) is 66.8 Å². The standard InChI is InChI=1S/C13H15NO4/c15-12(16)11-7-9-14(13(17)18-11)8-6-10-4-2-1-3-5-10/h1-5,11H,6-9H2,(H,15,16). The molecule has 2 rings (SSSR count). The van der Waals surface area contributed by atoms with Gasteiger partial charge >= 0.3 is 12.1 Å². The molecule has 18 heavy (non-hydrogen) atoms. The predicted molar refractivity (Wildman–Crippen MR) is 64.2 cm³/mol. The maximum Gasteiger partial charge on any atom is 0.410 e. The van der Waals surface area contributed by atoms with Crippen molar-refractivity contribution in [1.82, 2.24) is 4.90 Å². The number of carbonyl (C=O) groups is 2. The number of amides is 1. The molecular weight excluding hydrogens is 234 g/mol. The first-order valence-corrected chi connectivity index (χ1v) is 5.89. The van der Waals surface area contributed by atoms with Gasteiger partial charge in [-0.3, -0.25) is 0 Å². The number of carboxylic acid groups (broad SMARTS) is 1. The number of carbonyl (C=O) groups excluding carboxylic acids is 1. The molecule has 1 heterocycles. The largest absolute Gasteiger partial charge is 0.479 e. The highest BCUT2D eigenvalue weighted by atomic mass is 16.6. The molecule has 0 radical (unpaired) electrons. The van der Waals surface area contributed by atoms with Crippen LogP contribution >= 0.6 is 0 Å². The van der Waals surface area contributed by atoms with Gasteiger partial charge in [0.05, 0.1) is 0 Å². The third-order valence-electron chi connectivity index (χ3n) is 2.95. The minimum atomic E-state index is -1.08. The van der Waals surface area contributed by atoms with E-state index < -0.39 is 18.2 Å². The Bertz CT molecular complexity index is 432. The molecule has 0 bridgehead atoms. The molecular formula is C13H15NO4. The van der Waals surface area contributed by atoms with Crippen molar-refractivity contribution >= 4 is 12.1 Å². The SMILES string of the molecule is O=C(O)C1CCN(CCc2ccccc2)C(=O)O1. The predicted octanol–water partition coefficient (Wildman–Crippen LogP) is 1.52. The summed E-state index contributed by atoms with van der Waals surface area (Å²) in [5, 5.41) is 8.75. The van der Waals surface area contributed by atoms with Gasteiger partial charge in [0, 0.05) is 19.5 Å². The summed E-state index contributed by atoms with van der Waals surface area (Å²) in [5.41, 5.74) is 1.14. The van der Waals surface area contributed by atoms with Crippen LogP contribution in [0.3, 0.4) is 0 Å². The Morgan fingerprint density at radius 1 is 1.39 bits per heavy atom. The highest BCUT2D eigenvalue weighted by molar-refractivity contribution is 5.78.